The molecule has 0 fully saturated rings. The largest absolute Gasteiger partial charge is 0.474 e. The maximum absolute atomic E-state index is 8.87. The monoisotopic (exact) mass is 251 g/mol. The second-order valence-corrected chi connectivity index (χ2v) is 3.54. The highest BCUT2D eigenvalue weighted by atomic mass is 16.5. The van der Waals surface area contributed by atoms with Crippen LogP contribution in [0.5, 0.6) is 5.88 Å². The first-order valence-electron chi connectivity index (χ1n) is 5.63. The average molecular weight is 251 g/mol. The van der Waals surface area contributed by atoms with E-state index in [-0.39, 0.29) is 5.88 Å². The van der Waals surface area contributed by atoms with E-state index in [1.165, 1.54) is 12.3 Å². The fraction of sp³-hybridized carbons (Fsp3) is 0.500. The van der Waals surface area contributed by atoms with Crippen LogP contribution in [0.25, 0.3) is 0 Å². The van der Waals surface area contributed by atoms with Crippen molar-refractivity contribution in [3.8, 4) is 11.9 Å². The molecule has 1 rings (SSSR count). The number of nitrogens with zero attached hydrogens (tertiary/aromatic N) is 2. The highest BCUT2D eigenvalue weighted by molar-refractivity contribution is 5.48. The minimum absolute atomic E-state index is 0.284. The van der Waals surface area contributed by atoms with Crippen molar-refractivity contribution < 1.29 is 14.2 Å². The summed E-state index contributed by atoms with van der Waals surface area (Å²) in [6.45, 7) is 2.09. The molecule has 0 saturated heterocycles. The summed E-state index contributed by atoms with van der Waals surface area (Å²) >= 11 is 0. The predicted octanol–water partition coefficient (Wildman–Crippen LogP) is 0.967. The minimum atomic E-state index is 0.284. The van der Waals surface area contributed by atoms with Gasteiger partial charge >= 0.3 is 0 Å². The van der Waals surface area contributed by atoms with Crippen molar-refractivity contribution in [2.45, 2.75) is 6.42 Å². The van der Waals surface area contributed by atoms with Crippen molar-refractivity contribution in [3.05, 3.63) is 17.8 Å². The zero-order valence-corrected chi connectivity index (χ0v) is 10.4. The SMILES string of the molecule is COCCCOCCOc1ncc(N)cc1C#N. The number of methoxy groups -OCH3 is 1. The number of rotatable bonds is 8. The summed E-state index contributed by atoms with van der Waals surface area (Å²) < 4.78 is 15.5. The van der Waals surface area contributed by atoms with Gasteiger partial charge in [-0.1, -0.05) is 0 Å². The molecule has 0 atom stereocenters. The number of nitrogens with two attached hydrogens (primary N) is 1. The van der Waals surface area contributed by atoms with Crippen LogP contribution in [0.2, 0.25) is 0 Å². The molecule has 6 heteroatoms. The maximum Gasteiger partial charge on any atom is 0.231 e. The smallest absolute Gasteiger partial charge is 0.231 e. The van der Waals surface area contributed by atoms with Crippen LogP contribution in [0.15, 0.2) is 12.3 Å². The van der Waals surface area contributed by atoms with E-state index in [1.807, 2.05) is 6.07 Å². The fourth-order valence-corrected chi connectivity index (χ4v) is 1.27. The van der Waals surface area contributed by atoms with Gasteiger partial charge in [-0.15, -0.1) is 0 Å². The summed E-state index contributed by atoms with van der Waals surface area (Å²) in [6, 6.07) is 3.51. The molecule has 6 nitrogen and oxygen atoms in total. The molecule has 18 heavy (non-hydrogen) atoms. The number of hydrogen-bond acceptors (Lipinski definition) is 6. The molecule has 1 aromatic heterocycles. The molecule has 0 aromatic carbocycles. The predicted molar refractivity (Wildman–Crippen MR) is 66.2 cm³/mol. The Hall–Kier alpha value is -1.84. The van der Waals surface area contributed by atoms with Crippen LogP contribution in [0.4, 0.5) is 5.69 Å². The van der Waals surface area contributed by atoms with Gasteiger partial charge in [-0.2, -0.15) is 5.26 Å². The Kier molecular flexibility index (Phi) is 6.54. The zero-order chi connectivity index (χ0) is 13.2. The molecule has 0 aliphatic rings. The number of hydrogen-bond donors (Lipinski definition) is 1. The van der Waals surface area contributed by atoms with Gasteiger partial charge in [-0.3, -0.25) is 0 Å². The highest BCUT2D eigenvalue weighted by Crippen LogP contribution is 2.16. The first-order chi connectivity index (χ1) is 8.77. The van der Waals surface area contributed by atoms with Gasteiger partial charge < -0.3 is 19.9 Å². The highest BCUT2D eigenvalue weighted by Gasteiger charge is 2.05. The van der Waals surface area contributed by atoms with Crippen LogP contribution in [-0.4, -0.2) is 38.5 Å². The third kappa shape index (κ3) is 4.99. The van der Waals surface area contributed by atoms with Crippen LogP contribution in [-0.2, 0) is 9.47 Å². The average Bonchev–Trinajstić information content (AvgIpc) is 2.39. The van der Waals surface area contributed by atoms with Crippen LogP contribution in [0.1, 0.15) is 12.0 Å². The summed E-state index contributed by atoms with van der Waals surface area (Å²) in [7, 11) is 1.65. The van der Waals surface area contributed by atoms with Crippen molar-refractivity contribution in [1.82, 2.24) is 4.98 Å². The summed E-state index contributed by atoms with van der Waals surface area (Å²) in [5, 5.41) is 8.87. The third-order valence-electron chi connectivity index (χ3n) is 2.10. The van der Waals surface area contributed by atoms with E-state index in [0.29, 0.717) is 37.7 Å². The molecule has 0 aliphatic carbocycles. The number of pyridine rings is 1. The number of anilines is 1. The summed E-state index contributed by atoms with van der Waals surface area (Å²) in [5.74, 6) is 0.284. The Bertz CT molecular complexity index is 404. The quantitative estimate of drug-likeness (QED) is 0.692. The summed E-state index contributed by atoms with van der Waals surface area (Å²) in [6.07, 6.45) is 2.30. The van der Waals surface area contributed by atoms with E-state index in [1.54, 1.807) is 7.11 Å². The molecule has 0 radical (unpaired) electrons. The van der Waals surface area contributed by atoms with Crippen LogP contribution in [0.3, 0.4) is 0 Å². The molecule has 0 unspecified atom stereocenters. The van der Waals surface area contributed by atoms with Gasteiger partial charge in [-0.25, -0.2) is 4.98 Å². The van der Waals surface area contributed by atoms with Crippen molar-refractivity contribution in [2.24, 2.45) is 0 Å². The Morgan fingerprint density at radius 2 is 2.17 bits per heavy atom. The van der Waals surface area contributed by atoms with Crippen molar-refractivity contribution in [3.63, 3.8) is 0 Å². The molecular weight excluding hydrogens is 234 g/mol. The lowest BCUT2D eigenvalue weighted by molar-refractivity contribution is 0.0795. The zero-order valence-electron chi connectivity index (χ0n) is 10.4. The van der Waals surface area contributed by atoms with Crippen LogP contribution >= 0.6 is 0 Å². The van der Waals surface area contributed by atoms with Gasteiger partial charge in [0.2, 0.25) is 5.88 Å². The molecule has 2 N–H and O–H groups in total. The second kappa shape index (κ2) is 8.28. The molecule has 1 aromatic rings. The normalized spacial score (nSPS) is 10.0. The van der Waals surface area contributed by atoms with Gasteiger partial charge in [0.25, 0.3) is 0 Å². The van der Waals surface area contributed by atoms with Gasteiger partial charge in [0.1, 0.15) is 18.2 Å². The van der Waals surface area contributed by atoms with Crippen LogP contribution < -0.4 is 10.5 Å². The van der Waals surface area contributed by atoms with E-state index in [2.05, 4.69) is 4.98 Å². The molecule has 0 amide bonds. The van der Waals surface area contributed by atoms with Gasteiger partial charge in [0.05, 0.1) is 18.5 Å². The van der Waals surface area contributed by atoms with Gasteiger partial charge in [-0.05, 0) is 12.5 Å². The summed E-state index contributed by atoms with van der Waals surface area (Å²) in [4.78, 5) is 3.95. The lowest BCUT2D eigenvalue weighted by atomic mass is 10.3. The van der Waals surface area contributed by atoms with Crippen LogP contribution in [0, 0.1) is 11.3 Å². The molecule has 1 heterocycles. The Morgan fingerprint density at radius 3 is 2.89 bits per heavy atom. The van der Waals surface area contributed by atoms with Crippen molar-refractivity contribution >= 4 is 5.69 Å². The van der Waals surface area contributed by atoms with Crippen molar-refractivity contribution in [2.75, 3.05) is 39.3 Å². The molecular formula is C12H17N3O3. The Balaban J connectivity index is 2.25. The van der Waals surface area contributed by atoms with Gasteiger partial charge in [0, 0.05) is 20.3 Å². The molecule has 0 bridgehead atoms. The molecule has 0 saturated carbocycles. The summed E-state index contributed by atoms with van der Waals surface area (Å²) in [5.41, 5.74) is 6.29. The van der Waals surface area contributed by atoms with E-state index in [4.69, 9.17) is 25.2 Å². The number of nitriles is 1. The lowest BCUT2D eigenvalue weighted by Crippen LogP contribution is -2.10. The number of ether oxygens (including phenoxy) is 3. The Labute approximate surface area is 106 Å². The lowest BCUT2D eigenvalue weighted by Gasteiger charge is -2.07. The minimum Gasteiger partial charge on any atom is -0.474 e. The Morgan fingerprint density at radius 1 is 1.33 bits per heavy atom. The van der Waals surface area contributed by atoms with Crippen molar-refractivity contribution in [1.29, 1.82) is 5.26 Å². The van der Waals surface area contributed by atoms with E-state index in [0.717, 1.165) is 6.42 Å². The third-order valence-corrected chi connectivity index (χ3v) is 2.10. The first-order valence-corrected chi connectivity index (χ1v) is 5.63. The van der Waals surface area contributed by atoms with E-state index >= 15 is 0 Å². The number of nitrogen functional groups attached to an aromatic ring is 1. The number of aromatic nitrogens is 1. The van der Waals surface area contributed by atoms with E-state index < -0.39 is 0 Å². The topological polar surface area (TPSA) is 90.4 Å². The first kappa shape index (κ1) is 14.2. The van der Waals surface area contributed by atoms with E-state index in [9.17, 15) is 0 Å². The molecule has 98 valence electrons. The maximum atomic E-state index is 8.87. The standard InChI is InChI=1S/C12H17N3O3/c1-16-3-2-4-17-5-6-18-12-10(8-13)7-11(14)9-15-12/h7,9H,2-6,14H2,1H3. The molecule has 0 spiro atoms. The fourth-order valence-electron chi connectivity index (χ4n) is 1.27. The second-order valence-electron chi connectivity index (χ2n) is 3.54. The molecule has 0 aliphatic heterocycles. The van der Waals surface area contributed by atoms with Gasteiger partial charge in [0.15, 0.2) is 0 Å².